The van der Waals surface area contributed by atoms with Gasteiger partial charge in [0.25, 0.3) is 0 Å². The number of rotatable bonds is 3. The number of hydrogen-bond acceptors (Lipinski definition) is 3. The Balaban J connectivity index is 1.95. The molecule has 0 aliphatic carbocycles. The third kappa shape index (κ3) is 2.84. The number of benzene rings is 1. The van der Waals surface area contributed by atoms with E-state index in [1.54, 1.807) is 7.11 Å². The molecule has 3 heteroatoms. The summed E-state index contributed by atoms with van der Waals surface area (Å²) in [5.74, 6) is 0.877. The van der Waals surface area contributed by atoms with Gasteiger partial charge >= 0.3 is 0 Å². The second-order valence-corrected chi connectivity index (χ2v) is 4.04. The van der Waals surface area contributed by atoms with E-state index in [9.17, 15) is 5.11 Å². The van der Waals surface area contributed by atoms with Gasteiger partial charge in [-0.25, -0.2) is 0 Å². The van der Waals surface area contributed by atoms with Crippen molar-refractivity contribution in [3.63, 3.8) is 0 Å². The summed E-state index contributed by atoms with van der Waals surface area (Å²) >= 11 is 0. The minimum Gasteiger partial charge on any atom is -0.497 e. The lowest BCUT2D eigenvalue weighted by Crippen LogP contribution is -2.34. The van der Waals surface area contributed by atoms with Crippen LogP contribution in [0.25, 0.3) is 0 Å². The number of hydrogen-bond donors (Lipinski definition) is 1. The van der Waals surface area contributed by atoms with Gasteiger partial charge in [-0.05, 0) is 17.7 Å². The Labute approximate surface area is 96.0 Å². The highest BCUT2D eigenvalue weighted by atomic mass is 16.5. The molecule has 0 saturated carbocycles. The monoisotopic (exact) mass is 219 g/mol. The molecule has 0 radical (unpaired) electrons. The van der Waals surface area contributed by atoms with Crippen LogP contribution in [0.3, 0.4) is 0 Å². The molecule has 2 rings (SSSR count). The Morgan fingerprint density at radius 3 is 2.75 bits per heavy atom. The van der Waals surface area contributed by atoms with Crippen LogP contribution in [-0.2, 0) is 6.54 Å². The molecule has 1 atom stereocenters. The van der Waals surface area contributed by atoms with E-state index < -0.39 is 0 Å². The van der Waals surface area contributed by atoms with Crippen LogP contribution in [0.2, 0.25) is 0 Å². The van der Waals surface area contributed by atoms with Crippen LogP contribution in [0.15, 0.2) is 36.4 Å². The van der Waals surface area contributed by atoms with Gasteiger partial charge in [-0.1, -0.05) is 24.3 Å². The minimum atomic E-state index is -0.327. The largest absolute Gasteiger partial charge is 0.497 e. The number of aliphatic hydroxyl groups is 1. The van der Waals surface area contributed by atoms with Crippen LogP contribution in [0, 0.1) is 0 Å². The van der Waals surface area contributed by atoms with Gasteiger partial charge in [-0.3, -0.25) is 4.90 Å². The van der Waals surface area contributed by atoms with Gasteiger partial charge in [0.15, 0.2) is 0 Å². The van der Waals surface area contributed by atoms with Crippen LogP contribution < -0.4 is 4.74 Å². The zero-order chi connectivity index (χ0) is 11.4. The first-order valence-electron chi connectivity index (χ1n) is 5.48. The Morgan fingerprint density at radius 2 is 2.12 bits per heavy atom. The summed E-state index contributed by atoms with van der Waals surface area (Å²) in [5.41, 5.74) is 1.24. The van der Waals surface area contributed by atoms with E-state index in [-0.39, 0.29) is 6.10 Å². The summed E-state index contributed by atoms with van der Waals surface area (Å²) in [4.78, 5) is 2.21. The number of methoxy groups -OCH3 is 1. The van der Waals surface area contributed by atoms with E-state index in [1.807, 2.05) is 24.3 Å². The molecule has 1 unspecified atom stereocenters. The van der Waals surface area contributed by atoms with Gasteiger partial charge in [0.1, 0.15) is 5.75 Å². The molecule has 0 fully saturated rings. The van der Waals surface area contributed by atoms with Gasteiger partial charge in [0, 0.05) is 19.6 Å². The fourth-order valence-corrected chi connectivity index (χ4v) is 1.89. The van der Waals surface area contributed by atoms with E-state index >= 15 is 0 Å². The van der Waals surface area contributed by atoms with E-state index in [4.69, 9.17) is 4.74 Å². The van der Waals surface area contributed by atoms with Crippen molar-refractivity contribution in [3.8, 4) is 5.75 Å². The maximum absolute atomic E-state index is 9.49. The SMILES string of the molecule is COc1ccc(CN2CC=CC(O)C2)cc1. The van der Waals surface area contributed by atoms with Gasteiger partial charge < -0.3 is 9.84 Å². The van der Waals surface area contributed by atoms with Crippen LogP contribution in [0.1, 0.15) is 5.56 Å². The summed E-state index contributed by atoms with van der Waals surface area (Å²) < 4.78 is 5.11. The van der Waals surface area contributed by atoms with Crippen molar-refractivity contribution >= 4 is 0 Å². The van der Waals surface area contributed by atoms with Gasteiger partial charge in [-0.2, -0.15) is 0 Å². The second kappa shape index (κ2) is 5.14. The van der Waals surface area contributed by atoms with Crippen molar-refractivity contribution in [1.82, 2.24) is 4.90 Å². The third-order valence-corrected chi connectivity index (χ3v) is 2.73. The Hall–Kier alpha value is -1.32. The summed E-state index contributed by atoms with van der Waals surface area (Å²) in [6, 6.07) is 8.05. The van der Waals surface area contributed by atoms with Crippen LogP contribution >= 0.6 is 0 Å². The average Bonchev–Trinajstić information content (AvgIpc) is 2.30. The fourth-order valence-electron chi connectivity index (χ4n) is 1.89. The molecule has 1 N–H and O–H groups in total. The molecule has 0 bridgehead atoms. The van der Waals surface area contributed by atoms with Crippen LogP contribution in [-0.4, -0.2) is 36.3 Å². The van der Waals surface area contributed by atoms with Crippen molar-refractivity contribution in [1.29, 1.82) is 0 Å². The molecule has 1 aliphatic rings. The summed E-state index contributed by atoms with van der Waals surface area (Å²) in [7, 11) is 1.67. The zero-order valence-electron chi connectivity index (χ0n) is 9.47. The maximum Gasteiger partial charge on any atom is 0.118 e. The lowest BCUT2D eigenvalue weighted by atomic mass is 10.1. The first-order valence-corrected chi connectivity index (χ1v) is 5.48. The molecule has 1 aromatic carbocycles. The normalized spacial score (nSPS) is 21.0. The van der Waals surface area contributed by atoms with Crippen LogP contribution in [0.4, 0.5) is 0 Å². The van der Waals surface area contributed by atoms with E-state index in [0.717, 1.165) is 18.8 Å². The highest BCUT2D eigenvalue weighted by Crippen LogP contribution is 2.14. The lowest BCUT2D eigenvalue weighted by Gasteiger charge is -2.26. The molecular formula is C13H17NO2. The highest BCUT2D eigenvalue weighted by Gasteiger charge is 2.12. The number of β-amino-alcohol motifs (C(OH)–C–C–N with tert-alkyl or cyclic N) is 1. The molecule has 3 nitrogen and oxygen atoms in total. The fraction of sp³-hybridized carbons (Fsp3) is 0.385. The molecule has 0 saturated heterocycles. The summed E-state index contributed by atoms with van der Waals surface area (Å²) in [6.45, 7) is 2.48. The van der Waals surface area contributed by atoms with Crippen molar-refractivity contribution in [2.45, 2.75) is 12.6 Å². The van der Waals surface area contributed by atoms with Gasteiger partial charge in [0.2, 0.25) is 0 Å². The van der Waals surface area contributed by atoms with Crippen LogP contribution in [0.5, 0.6) is 5.75 Å². The van der Waals surface area contributed by atoms with E-state index in [1.165, 1.54) is 5.56 Å². The molecule has 1 heterocycles. The molecule has 0 spiro atoms. The first kappa shape index (κ1) is 11.2. The van der Waals surface area contributed by atoms with Gasteiger partial charge in [-0.15, -0.1) is 0 Å². The minimum absolute atomic E-state index is 0.327. The Kier molecular flexibility index (Phi) is 3.59. The molecule has 16 heavy (non-hydrogen) atoms. The number of ether oxygens (including phenoxy) is 1. The zero-order valence-corrected chi connectivity index (χ0v) is 9.47. The van der Waals surface area contributed by atoms with Crippen molar-refractivity contribution < 1.29 is 9.84 Å². The molecule has 0 amide bonds. The summed E-state index contributed by atoms with van der Waals surface area (Å²) in [5, 5.41) is 9.49. The number of aliphatic hydroxyl groups excluding tert-OH is 1. The molecule has 0 aromatic heterocycles. The van der Waals surface area contributed by atoms with Crippen molar-refractivity contribution in [2.75, 3.05) is 20.2 Å². The van der Waals surface area contributed by atoms with Crippen molar-refractivity contribution in [2.24, 2.45) is 0 Å². The average molecular weight is 219 g/mol. The highest BCUT2D eigenvalue weighted by molar-refractivity contribution is 5.27. The lowest BCUT2D eigenvalue weighted by molar-refractivity contribution is 0.140. The molecule has 1 aromatic rings. The van der Waals surface area contributed by atoms with E-state index in [0.29, 0.717) is 6.54 Å². The summed E-state index contributed by atoms with van der Waals surface area (Å²) in [6.07, 6.45) is 3.54. The molecule has 1 aliphatic heterocycles. The topological polar surface area (TPSA) is 32.7 Å². The quantitative estimate of drug-likeness (QED) is 0.781. The Bertz CT molecular complexity index is 359. The Morgan fingerprint density at radius 1 is 1.38 bits per heavy atom. The number of nitrogens with zero attached hydrogens (tertiary/aromatic N) is 1. The van der Waals surface area contributed by atoms with Crippen molar-refractivity contribution in [3.05, 3.63) is 42.0 Å². The predicted octanol–water partition coefficient (Wildman–Crippen LogP) is 1.43. The van der Waals surface area contributed by atoms with E-state index in [2.05, 4.69) is 17.0 Å². The smallest absolute Gasteiger partial charge is 0.118 e. The predicted molar refractivity (Wildman–Crippen MR) is 63.4 cm³/mol. The second-order valence-electron chi connectivity index (χ2n) is 4.04. The standard InChI is InChI=1S/C13H17NO2/c1-16-13-6-4-11(5-7-13)9-14-8-2-3-12(15)10-14/h2-7,12,15H,8-10H2,1H3. The molecular weight excluding hydrogens is 202 g/mol. The molecule has 86 valence electrons. The third-order valence-electron chi connectivity index (χ3n) is 2.73. The van der Waals surface area contributed by atoms with Gasteiger partial charge in [0.05, 0.1) is 13.2 Å². The first-order chi connectivity index (χ1) is 7.78. The maximum atomic E-state index is 9.49.